The zero-order valence-corrected chi connectivity index (χ0v) is 13.2. The van der Waals surface area contributed by atoms with Crippen molar-refractivity contribution in [3.63, 3.8) is 0 Å². The van der Waals surface area contributed by atoms with Crippen molar-refractivity contribution in [2.45, 2.75) is 24.8 Å². The quantitative estimate of drug-likeness (QED) is 0.585. The van der Waals surface area contributed by atoms with E-state index in [1.807, 2.05) is 0 Å². The van der Waals surface area contributed by atoms with Crippen molar-refractivity contribution in [3.8, 4) is 5.88 Å². The highest BCUT2D eigenvalue weighted by Gasteiger charge is 2.48. The zero-order chi connectivity index (χ0) is 18.8. The highest BCUT2D eigenvalue weighted by molar-refractivity contribution is 7.87. The Balaban J connectivity index is 2.39. The third-order valence-electron chi connectivity index (χ3n) is 2.80. The predicted octanol–water partition coefficient (Wildman–Crippen LogP) is 1.61. The largest absolute Gasteiger partial charge is 0.534 e. The van der Waals surface area contributed by atoms with Gasteiger partial charge in [0.2, 0.25) is 17.7 Å². The first-order valence-electron chi connectivity index (χ1n) is 6.49. The highest BCUT2D eigenvalue weighted by Crippen LogP contribution is 2.29. The molecule has 1 N–H and O–H groups in total. The monoisotopic (exact) mass is 381 g/mol. The van der Waals surface area contributed by atoms with Crippen molar-refractivity contribution < 1.29 is 40.1 Å². The number of aliphatic carboxylic acids is 1. The number of hydrogen-bond donors (Lipinski definition) is 1. The Kier molecular flexibility index (Phi) is 4.97. The fourth-order valence-electron chi connectivity index (χ4n) is 1.78. The molecule has 0 saturated carbocycles. The number of halogens is 3. The van der Waals surface area contributed by atoms with Gasteiger partial charge in [0.05, 0.1) is 18.0 Å². The van der Waals surface area contributed by atoms with Gasteiger partial charge in [0.15, 0.2) is 0 Å². The SMILES string of the molecule is Cc1nnc(C(CC(=O)O)c2cccc(OS(=O)(=O)C(F)(F)F)n2)o1. The lowest BCUT2D eigenvalue weighted by Crippen LogP contribution is -2.28. The van der Waals surface area contributed by atoms with Crippen molar-refractivity contribution in [1.29, 1.82) is 0 Å². The summed E-state index contributed by atoms with van der Waals surface area (Å²) in [6, 6.07) is 3.30. The molecule has 0 aliphatic heterocycles. The van der Waals surface area contributed by atoms with Gasteiger partial charge in [0.1, 0.15) is 0 Å². The second-order valence-electron chi connectivity index (χ2n) is 4.69. The fourth-order valence-corrected chi connectivity index (χ4v) is 2.19. The maximum atomic E-state index is 12.4. The van der Waals surface area contributed by atoms with E-state index >= 15 is 0 Å². The van der Waals surface area contributed by atoms with Gasteiger partial charge in [-0.1, -0.05) is 6.07 Å². The van der Waals surface area contributed by atoms with E-state index in [0.717, 1.165) is 12.1 Å². The first-order valence-corrected chi connectivity index (χ1v) is 7.90. The minimum atomic E-state index is -5.91. The molecule has 136 valence electrons. The van der Waals surface area contributed by atoms with E-state index < -0.39 is 39.8 Å². The van der Waals surface area contributed by atoms with Crippen LogP contribution in [0.3, 0.4) is 0 Å². The van der Waals surface area contributed by atoms with Crippen LogP contribution in [-0.2, 0) is 14.9 Å². The number of nitrogens with zero attached hydrogens (tertiary/aromatic N) is 3. The van der Waals surface area contributed by atoms with E-state index in [2.05, 4.69) is 19.4 Å². The minimum Gasteiger partial charge on any atom is -0.481 e. The number of carboxylic acid groups (broad SMARTS) is 1. The van der Waals surface area contributed by atoms with Gasteiger partial charge in [0.25, 0.3) is 0 Å². The molecule has 2 heterocycles. The molecule has 13 heteroatoms. The lowest BCUT2D eigenvalue weighted by molar-refractivity contribution is -0.137. The lowest BCUT2D eigenvalue weighted by atomic mass is 10.0. The molecule has 1 atom stereocenters. The Hall–Kier alpha value is -2.70. The van der Waals surface area contributed by atoms with Crippen molar-refractivity contribution >= 4 is 16.1 Å². The number of rotatable bonds is 6. The second-order valence-corrected chi connectivity index (χ2v) is 6.23. The van der Waals surface area contributed by atoms with Crippen molar-refractivity contribution in [2.75, 3.05) is 0 Å². The van der Waals surface area contributed by atoms with E-state index in [1.165, 1.54) is 13.0 Å². The van der Waals surface area contributed by atoms with Gasteiger partial charge in [-0.3, -0.25) is 4.79 Å². The molecule has 0 bridgehead atoms. The van der Waals surface area contributed by atoms with Crippen LogP contribution in [0.4, 0.5) is 13.2 Å². The molecule has 1 unspecified atom stereocenters. The number of pyridine rings is 1. The zero-order valence-electron chi connectivity index (χ0n) is 12.4. The first-order chi connectivity index (χ1) is 11.5. The van der Waals surface area contributed by atoms with Gasteiger partial charge < -0.3 is 13.7 Å². The Bertz CT molecular complexity index is 880. The number of hydrogen-bond acceptors (Lipinski definition) is 8. The average molecular weight is 381 g/mol. The Labute approximate surface area is 138 Å². The Morgan fingerprint density at radius 3 is 2.56 bits per heavy atom. The molecule has 25 heavy (non-hydrogen) atoms. The summed E-state index contributed by atoms with van der Waals surface area (Å²) in [6.07, 6.45) is -0.565. The number of carbonyl (C=O) groups is 1. The van der Waals surface area contributed by atoms with Gasteiger partial charge in [-0.05, 0) is 6.07 Å². The summed E-state index contributed by atoms with van der Waals surface area (Å²) in [4.78, 5) is 14.6. The van der Waals surface area contributed by atoms with E-state index in [-0.39, 0.29) is 17.5 Å². The van der Waals surface area contributed by atoms with Crippen molar-refractivity contribution in [1.82, 2.24) is 15.2 Å². The topological polar surface area (TPSA) is 132 Å². The van der Waals surface area contributed by atoms with Crippen LogP contribution < -0.4 is 4.18 Å². The van der Waals surface area contributed by atoms with Crippen molar-refractivity contribution in [2.24, 2.45) is 0 Å². The highest BCUT2D eigenvalue weighted by atomic mass is 32.2. The second kappa shape index (κ2) is 6.66. The maximum absolute atomic E-state index is 12.4. The fraction of sp³-hybridized carbons (Fsp3) is 0.333. The molecule has 0 radical (unpaired) electrons. The molecule has 9 nitrogen and oxygen atoms in total. The number of aryl methyl sites for hydroxylation is 1. The summed E-state index contributed by atoms with van der Waals surface area (Å²) >= 11 is 0. The van der Waals surface area contributed by atoms with E-state index in [1.54, 1.807) is 0 Å². The number of aromatic nitrogens is 3. The molecule has 0 aromatic carbocycles. The molecular weight excluding hydrogens is 371 g/mol. The lowest BCUT2D eigenvalue weighted by Gasteiger charge is -2.12. The van der Waals surface area contributed by atoms with Crippen LogP contribution >= 0.6 is 0 Å². The molecule has 0 aliphatic carbocycles. The van der Waals surface area contributed by atoms with Crippen LogP contribution in [0, 0.1) is 6.92 Å². The third-order valence-corrected chi connectivity index (χ3v) is 3.76. The van der Waals surface area contributed by atoms with Crippen molar-refractivity contribution in [3.05, 3.63) is 35.7 Å². The smallest absolute Gasteiger partial charge is 0.481 e. The van der Waals surface area contributed by atoms with Crippen LogP contribution in [0.25, 0.3) is 0 Å². The summed E-state index contributed by atoms with van der Waals surface area (Å²) in [7, 11) is -5.91. The normalized spacial score (nSPS) is 13.4. The molecule has 0 aliphatic rings. The summed E-state index contributed by atoms with van der Waals surface area (Å²) in [5.74, 6) is -3.24. The van der Waals surface area contributed by atoms with Gasteiger partial charge in [-0.2, -0.15) is 21.6 Å². The molecular formula is C12H10F3N3O6S. The molecule has 0 saturated heterocycles. The van der Waals surface area contributed by atoms with E-state index in [4.69, 9.17) is 9.52 Å². The van der Waals surface area contributed by atoms with Crippen LogP contribution in [0.2, 0.25) is 0 Å². The Morgan fingerprint density at radius 2 is 2.04 bits per heavy atom. The Morgan fingerprint density at radius 1 is 1.36 bits per heavy atom. The van der Waals surface area contributed by atoms with Gasteiger partial charge in [-0.25, -0.2) is 4.98 Å². The number of alkyl halides is 3. The summed E-state index contributed by atoms with van der Waals surface area (Å²) in [5.41, 5.74) is -5.74. The number of carboxylic acids is 1. The summed E-state index contributed by atoms with van der Waals surface area (Å²) in [6.45, 7) is 1.46. The van der Waals surface area contributed by atoms with Crippen LogP contribution in [0.15, 0.2) is 22.6 Å². The molecule has 2 aromatic heterocycles. The molecule has 0 spiro atoms. The standard InChI is InChI=1S/C12H10F3N3O6S/c1-6-17-18-11(23-6)7(5-10(19)20)8-3-2-4-9(16-8)24-25(21,22)12(13,14)15/h2-4,7H,5H2,1H3,(H,19,20). The van der Waals surface area contributed by atoms with Gasteiger partial charge in [-0.15, -0.1) is 10.2 Å². The van der Waals surface area contributed by atoms with Crippen LogP contribution in [0.1, 0.15) is 29.8 Å². The van der Waals surface area contributed by atoms with Gasteiger partial charge in [0, 0.05) is 13.0 Å². The first kappa shape index (κ1) is 18.6. The van der Waals surface area contributed by atoms with Crippen LogP contribution in [0.5, 0.6) is 5.88 Å². The predicted molar refractivity (Wildman–Crippen MR) is 73.0 cm³/mol. The maximum Gasteiger partial charge on any atom is 0.534 e. The van der Waals surface area contributed by atoms with Crippen LogP contribution in [-0.4, -0.2) is 40.2 Å². The van der Waals surface area contributed by atoms with E-state index in [9.17, 15) is 26.4 Å². The molecule has 2 rings (SSSR count). The molecule has 0 fully saturated rings. The van der Waals surface area contributed by atoms with Gasteiger partial charge >= 0.3 is 21.6 Å². The molecule has 2 aromatic rings. The van der Waals surface area contributed by atoms with E-state index in [0.29, 0.717) is 0 Å². The summed E-state index contributed by atoms with van der Waals surface area (Å²) < 4.78 is 68.2. The molecule has 0 amide bonds. The average Bonchev–Trinajstić information content (AvgIpc) is 2.89. The third kappa shape index (κ3) is 4.43. The minimum absolute atomic E-state index is 0.110. The summed E-state index contributed by atoms with van der Waals surface area (Å²) in [5, 5.41) is 16.2.